The molecular formula is C13H16BrN5O. The number of piperazine rings is 1. The maximum absolute atomic E-state index is 12.0. The zero-order chi connectivity index (χ0) is 13.9. The number of pyridine rings is 1. The second kappa shape index (κ2) is 5.90. The molecule has 20 heavy (non-hydrogen) atoms. The van der Waals surface area contributed by atoms with Crippen LogP contribution in [0.5, 0.6) is 0 Å². The number of hydrogen-bond donors (Lipinski definition) is 2. The molecule has 0 atom stereocenters. The summed E-state index contributed by atoms with van der Waals surface area (Å²) in [5.74, 6) is 0.567. The van der Waals surface area contributed by atoms with Crippen molar-refractivity contribution in [3.05, 3.63) is 29.0 Å². The summed E-state index contributed by atoms with van der Waals surface area (Å²) in [4.78, 5) is 18.5. The molecule has 3 rings (SSSR count). The number of carbonyl (C=O) groups is 1. The van der Waals surface area contributed by atoms with Crippen molar-refractivity contribution in [1.29, 1.82) is 0 Å². The number of rotatable bonds is 3. The standard InChI is InChI=1S/C13H16BrN5O/c14-10-1-2-12-16-11(8-19(12)7-10)17-13(20)9-18-5-3-15-4-6-18/h1-2,7-8,15H,3-6,9H2,(H,17,20). The van der Waals surface area contributed by atoms with Crippen molar-refractivity contribution in [3.8, 4) is 0 Å². The van der Waals surface area contributed by atoms with Gasteiger partial charge in [-0.2, -0.15) is 0 Å². The third-order valence-electron chi connectivity index (χ3n) is 3.26. The van der Waals surface area contributed by atoms with E-state index in [4.69, 9.17) is 0 Å². The quantitative estimate of drug-likeness (QED) is 0.875. The lowest BCUT2D eigenvalue weighted by Crippen LogP contribution is -2.46. The number of fused-ring (bicyclic) bond motifs is 1. The van der Waals surface area contributed by atoms with Gasteiger partial charge in [0.15, 0.2) is 5.82 Å². The van der Waals surface area contributed by atoms with Crippen LogP contribution >= 0.6 is 15.9 Å². The van der Waals surface area contributed by atoms with Gasteiger partial charge in [-0.05, 0) is 28.1 Å². The van der Waals surface area contributed by atoms with Gasteiger partial charge in [0.05, 0.1) is 12.7 Å². The van der Waals surface area contributed by atoms with Crippen molar-refractivity contribution < 1.29 is 4.79 Å². The Kier molecular flexibility index (Phi) is 4.00. The Morgan fingerprint density at radius 1 is 1.35 bits per heavy atom. The summed E-state index contributed by atoms with van der Waals surface area (Å²) in [5.41, 5.74) is 0.811. The topological polar surface area (TPSA) is 61.7 Å². The Bertz CT molecular complexity index is 620. The molecule has 1 aliphatic heterocycles. The van der Waals surface area contributed by atoms with E-state index in [1.165, 1.54) is 0 Å². The number of imidazole rings is 1. The number of hydrogen-bond acceptors (Lipinski definition) is 4. The zero-order valence-electron chi connectivity index (χ0n) is 11.0. The average molecular weight is 338 g/mol. The van der Waals surface area contributed by atoms with Crippen LogP contribution in [0.1, 0.15) is 0 Å². The summed E-state index contributed by atoms with van der Waals surface area (Å²) in [7, 11) is 0. The SMILES string of the molecule is O=C(CN1CCNCC1)Nc1cn2cc(Br)ccc2n1. The third-order valence-corrected chi connectivity index (χ3v) is 3.73. The number of amides is 1. The Balaban J connectivity index is 1.64. The maximum Gasteiger partial charge on any atom is 0.239 e. The van der Waals surface area contributed by atoms with Crippen molar-refractivity contribution in [2.45, 2.75) is 0 Å². The van der Waals surface area contributed by atoms with Crippen molar-refractivity contribution in [2.24, 2.45) is 0 Å². The summed E-state index contributed by atoms with van der Waals surface area (Å²) in [6.45, 7) is 4.11. The van der Waals surface area contributed by atoms with E-state index in [-0.39, 0.29) is 5.91 Å². The van der Waals surface area contributed by atoms with Gasteiger partial charge in [-0.25, -0.2) is 4.98 Å². The van der Waals surface area contributed by atoms with Crippen molar-refractivity contribution in [1.82, 2.24) is 19.6 Å². The van der Waals surface area contributed by atoms with Crippen molar-refractivity contribution in [3.63, 3.8) is 0 Å². The molecule has 7 heteroatoms. The van der Waals surface area contributed by atoms with Gasteiger partial charge < -0.3 is 15.0 Å². The molecule has 3 heterocycles. The van der Waals surface area contributed by atoms with Crippen LogP contribution in [0.15, 0.2) is 29.0 Å². The molecule has 1 aliphatic rings. The minimum atomic E-state index is -0.0191. The molecule has 2 aromatic rings. The molecule has 2 aromatic heterocycles. The highest BCUT2D eigenvalue weighted by Crippen LogP contribution is 2.14. The average Bonchev–Trinajstić information content (AvgIpc) is 2.80. The van der Waals surface area contributed by atoms with Gasteiger partial charge in [-0.1, -0.05) is 0 Å². The minimum Gasteiger partial charge on any atom is -0.314 e. The number of nitrogens with one attached hydrogen (secondary N) is 2. The van der Waals surface area contributed by atoms with Crippen LogP contribution in [-0.4, -0.2) is 52.9 Å². The largest absolute Gasteiger partial charge is 0.314 e. The van der Waals surface area contributed by atoms with Gasteiger partial charge in [0.1, 0.15) is 5.65 Å². The van der Waals surface area contributed by atoms with E-state index in [2.05, 4.69) is 36.4 Å². The van der Waals surface area contributed by atoms with Gasteiger partial charge in [0.2, 0.25) is 5.91 Å². The summed E-state index contributed by atoms with van der Waals surface area (Å²) in [6, 6.07) is 3.82. The van der Waals surface area contributed by atoms with E-state index >= 15 is 0 Å². The van der Waals surface area contributed by atoms with E-state index in [0.29, 0.717) is 12.4 Å². The van der Waals surface area contributed by atoms with Crippen LogP contribution in [0.4, 0.5) is 5.82 Å². The van der Waals surface area contributed by atoms with E-state index in [1.807, 2.05) is 28.9 Å². The lowest BCUT2D eigenvalue weighted by molar-refractivity contribution is -0.117. The Labute approximate surface area is 125 Å². The summed E-state index contributed by atoms with van der Waals surface area (Å²) < 4.78 is 2.85. The number of nitrogens with zero attached hydrogens (tertiary/aromatic N) is 3. The number of aromatic nitrogens is 2. The molecule has 1 fully saturated rings. The highest BCUT2D eigenvalue weighted by Gasteiger charge is 2.14. The maximum atomic E-state index is 12.0. The first-order valence-corrected chi connectivity index (χ1v) is 7.37. The number of anilines is 1. The second-order valence-corrected chi connectivity index (χ2v) is 5.73. The van der Waals surface area contributed by atoms with Crippen LogP contribution in [0.3, 0.4) is 0 Å². The minimum absolute atomic E-state index is 0.0191. The molecule has 1 amide bonds. The number of halogens is 1. The van der Waals surface area contributed by atoms with Gasteiger partial charge in [-0.3, -0.25) is 9.69 Å². The molecule has 0 unspecified atom stereocenters. The third kappa shape index (κ3) is 3.17. The van der Waals surface area contributed by atoms with Crippen LogP contribution < -0.4 is 10.6 Å². The predicted molar refractivity (Wildman–Crippen MR) is 80.8 cm³/mol. The smallest absolute Gasteiger partial charge is 0.239 e. The molecule has 106 valence electrons. The summed E-state index contributed by atoms with van der Waals surface area (Å²) in [6.07, 6.45) is 3.73. The summed E-state index contributed by atoms with van der Waals surface area (Å²) >= 11 is 3.41. The molecule has 0 bridgehead atoms. The lowest BCUT2D eigenvalue weighted by Gasteiger charge is -2.26. The van der Waals surface area contributed by atoms with Gasteiger partial charge in [0.25, 0.3) is 0 Å². The van der Waals surface area contributed by atoms with Crippen LogP contribution in [0.2, 0.25) is 0 Å². The van der Waals surface area contributed by atoms with Gasteiger partial charge in [0, 0.05) is 36.8 Å². The molecular weight excluding hydrogens is 322 g/mol. The Morgan fingerprint density at radius 2 is 2.15 bits per heavy atom. The molecule has 0 radical (unpaired) electrons. The first kappa shape index (κ1) is 13.5. The van der Waals surface area contributed by atoms with Gasteiger partial charge >= 0.3 is 0 Å². The first-order chi connectivity index (χ1) is 9.70. The molecule has 0 saturated carbocycles. The van der Waals surface area contributed by atoms with Crippen LogP contribution in [-0.2, 0) is 4.79 Å². The fourth-order valence-corrected chi connectivity index (χ4v) is 2.63. The highest BCUT2D eigenvalue weighted by atomic mass is 79.9. The van der Waals surface area contributed by atoms with E-state index in [1.54, 1.807) is 0 Å². The van der Waals surface area contributed by atoms with E-state index < -0.39 is 0 Å². The highest BCUT2D eigenvalue weighted by molar-refractivity contribution is 9.10. The molecule has 2 N–H and O–H groups in total. The number of carbonyl (C=O) groups excluding carboxylic acids is 1. The Hall–Kier alpha value is -1.44. The molecule has 0 spiro atoms. The molecule has 6 nitrogen and oxygen atoms in total. The first-order valence-electron chi connectivity index (χ1n) is 6.58. The van der Waals surface area contributed by atoms with Gasteiger partial charge in [-0.15, -0.1) is 0 Å². The molecule has 1 saturated heterocycles. The normalized spacial score (nSPS) is 16.4. The fourth-order valence-electron chi connectivity index (χ4n) is 2.28. The predicted octanol–water partition coefficient (Wildman–Crippen LogP) is 0.940. The van der Waals surface area contributed by atoms with E-state index in [9.17, 15) is 4.79 Å². The fraction of sp³-hybridized carbons (Fsp3) is 0.385. The second-order valence-electron chi connectivity index (χ2n) is 4.81. The van der Waals surface area contributed by atoms with Crippen molar-refractivity contribution in [2.75, 3.05) is 38.0 Å². The zero-order valence-corrected chi connectivity index (χ0v) is 12.6. The summed E-state index contributed by atoms with van der Waals surface area (Å²) in [5, 5.41) is 6.12. The Morgan fingerprint density at radius 3 is 2.95 bits per heavy atom. The van der Waals surface area contributed by atoms with Crippen LogP contribution in [0, 0.1) is 0 Å². The molecule has 0 aliphatic carbocycles. The molecule has 0 aromatic carbocycles. The van der Waals surface area contributed by atoms with Crippen molar-refractivity contribution >= 4 is 33.3 Å². The van der Waals surface area contributed by atoms with E-state index in [0.717, 1.165) is 36.3 Å². The lowest BCUT2D eigenvalue weighted by atomic mass is 10.3. The monoisotopic (exact) mass is 337 g/mol. The van der Waals surface area contributed by atoms with Crippen LogP contribution in [0.25, 0.3) is 5.65 Å².